The van der Waals surface area contributed by atoms with Crippen LogP contribution < -0.4 is 5.32 Å². The van der Waals surface area contributed by atoms with Crippen molar-refractivity contribution in [1.82, 2.24) is 10.3 Å². The molecule has 0 radical (unpaired) electrons. The zero-order valence-electron chi connectivity index (χ0n) is 10.1. The summed E-state index contributed by atoms with van der Waals surface area (Å²) >= 11 is 1.38. The van der Waals surface area contributed by atoms with Crippen LogP contribution in [0.2, 0.25) is 0 Å². The topological polar surface area (TPSA) is 88.5 Å². The Bertz CT molecular complexity index is 454. The first-order valence-corrected chi connectivity index (χ1v) is 6.78. The Labute approximate surface area is 114 Å². The molecular formula is C12H14N2O4S. The van der Waals surface area contributed by atoms with Crippen molar-refractivity contribution in [3.05, 3.63) is 24.5 Å². The second-order valence-corrected chi connectivity index (χ2v) is 5.18. The third kappa shape index (κ3) is 3.93. The van der Waals surface area contributed by atoms with E-state index in [2.05, 4.69) is 10.3 Å². The van der Waals surface area contributed by atoms with Gasteiger partial charge in [0, 0.05) is 17.3 Å². The highest BCUT2D eigenvalue weighted by Crippen LogP contribution is 2.17. The van der Waals surface area contributed by atoms with E-state index in [0.29, 0.717) is 0 Å². The normalized spacial score (nSPS) is 22.1. The van der Waals surface area contributed by atoms with Crippen molar-refractivity contribution in [2.75, 3.05) is 19.0 Å². The van der Waals surface area contributed by atoms with E-state index in [9.17, 15) is 9.59 Å². The summed E-state index contributed by atoms with van der Waals surface area (Å²) in [6.45, 7) is 0.403. The SMILES string of the molecule is O=C(CSc1ccncc1)NC1COCC1C(=O)O. The summed E-state index contributed by atoms with van der Waals surface area (Å²) in [6, 6.07) is 3.19. The van der Waals surface area contributed by atoms with Gasteiger partial charge in [0.05, 0.1) is 25.0 Å². The van der Waals surface area contributed by atoms with Gasteiger partial charge in [-0.05, 0) is 12.1 Å². The van der Waals surface area contributed by atoms with E-state index in [1.54, 1.807) is 12.4 Å². The van der Waals surface area contributed by atoms with Gasteiger partial charge in [-0.2, -0.15) is 0 Å². The van der Waals surface area contributed by atoms with Gasteiger partial charge in [0.25, 0.3) is 0 Å². The van der Waals surface area contributed by atoms with E-state index in [1.807, 2.05) is 12.1 Å². The Morgan fingerprint density at radius 2 is 2.16 bits per heavy atom. The maximum Gasteiger partial charge on any atom is 0.311 e. The lowest BCUT2D eigenvalue weighted by Gasteiger charge is -2.15. The maximum absolute atomic E-state index is 11.7. The fourth-order valence-electron chi connectivity index (χ4n) is 1.77. The van der Waals surface area contributed by atoms with Crippen molar-refractivity contribution in [3.63, 3.8) is 0 Å². The molecule has 1 aliphatic heterocycles. The summed E-state index contributed by atoms with van der Waals surface area (Å²) in [6.07, 6.45) is 3.32. The molecule has 0 aromatic carbocycles. The number of carboxylic acid groups (broad SMARTS) is 1. The fourth-order valence-corrected chi connectivity index (χ4v) is 2.47. The first-order chi connectivity index (χ1) is 9.16. The van der Waals surface area contributed by atoms with Crippen molar-refractivity contribution < 1.29 is 19.4 Å². The van der Waals surface area contributed by atoms with E-state index < -0.39 is 17.9 Å². The van der Waals surface area contributed by atoms with Crippen LogP contribution in [0.4, 0.5) is 0 Å². The number of pyridine rings is 1. The highest BCUT2D eigenvalue weighted by atomic mass is 32.2. The van der Waals surface area contributed by atoms with Crippen LogP contribution in [-0.4, -0.2) is 47.0 Å². The molecule has 2 N–H and O–H groups in total. The second-order valence-electron chi connectivity index (χ2n) is 4.13. The second kappa shape index (κ2) is 6.53. The highest BCUT2D eigenvalue weighted by molar-refractivity contribution is 8.00. The molecule has 0 spiro atoms. The Morgan fingerprint density at radius 3 is 2.84 bits per heavy atom. The van der Waals surface area contributed by atoms with E-state index in [4.69, 9.17) is 9.84 Å². The number of hydrogen-bond donors (Lipinski definition) is 2. The number of carbonyl (C=O) groups excluding carboxylic acids is 1. The molecule has 2 atom stereocenters. The van der Waals surface area contributed by atoms with Crippen LogP contribution in [-0.2, 0) is 14.3 Å². The number of carbonyl (C=O) groups is 2. The van der Waals surface area contributed by atoms with Crippen molar-refractivity contribution in [2.24, 2.45) is 5.92 Å². The van der Waals surface area contributed by atoms with Crippen molar-refractivity contribution >= 4 is 23.6 Å². The van der Waals surface area contributed by atoms with Crippen molar-refractivity contribution in [3.8, 4) is 0 Å². The third-order valence-corrected chi connectivity index (χ3v) is 3.78. The lowest BCUT2D eigenvalue weighted by molar-refractivity contribution is -0.142. The van der Waals surface area contributed by atoms with Gasteiger partial charge in [-0.25, -0.2) is 0 Å². The van der Waals surface area contributed by atoms with Crippen LogP contribution in [0.5, 0.6) is 0 Å². The molecule has 0 saturated carbocycles. The molecule has 1 saturated heterocycles. The van der Waals surface area contributed by atoms with Crippen LogP contribution in [0.25, 0.3) is 0 Å². The van der Waals surface area contributed by atoms with Crippen LogP contribution >= 0.6 is 11.8 Å². The fraction of sp³-hybridized carbons (Fsp3) is 0.417. The van der Waals surface area contributed by atoms with Crippen LogP contribution in [0.1, 0.15) is 0 Å². The quantitative estimate of drug-likeness (QED) is 0.760. The molecule has 0 aliphatic carbocycles. The summed E-state index contributed by atoms with van der Waals surface area (Å²) in [5.74, 6) is -1.55. The molecular weight excluding hydrogens is 268 g/mol. The summed E-state index contributed by atoms with van der Waals surface area (Å²) in [4.78, 5) is 27.5. The first kappa shape index (κ1) is 13.8. The molecule has 2 unspecified atom stereocenters. The molecule has 2 heterocycles. The van der Waals surface area contributed by atoms with E-state index in [-0.39, 0.29) is 24.9 Å². The average Bonchev–Trinajstić information content (AvgIpc) is 2.86. The van der Waals surface area contributed by atoms with Gasteiger partial charge in [-0.3, -0.25) is 14.6 Å². The summed E-state index contributed by atoms with van der Waals surface area (Å²) < 4.78 is 5.08. The van der Waals surface area contributed by atoms with Gasteiger partial charge in [0.2, 0.25) is 5.91 Å². The third-order valence-electron chi connectivity index (χ3n) is 2.76. The molecule has 7 heteroatoms. The van der Waals surface area contributed by atoms with Gasteiger partial charge < -0.3 is 15.2 Å². The predicted molar refractivity (Wildman–Crippen MR) is 68.8 cm³/mol. The zero-order chi connectivity index (χ0) is 13.7. The number of ether oxygens (including phenoxy) is 1. The Kier molecular flexibility index (Phi) is 4.75. The summed E-state index contributed by atoms with van der Waals surface area (Å²) in [5, 5.41) is 11.7. The monoisotopic (exact) mass is 282 g/mol. The first-order valence-electron chi connectivity index (χ1n) is 5.79. The average molecular weight is 282 g/mol. The number of nitrogens with zero attached hydrogens (tertiary/aromatic N) is 1. The molecule has 19 heavy (non-hydrogen) atoms. The van der Waals surface area contributed by atoms with Gasteiger partial charge >= 0.3 is 5.97 Å². The van der Waals surface area contributed by atoms with Gasteiger partial charge in [-0.15, -0.1) is 11.8 Å². The molecule has 0 bridgehead atoms. The number of aliphatic carboxylic acids is 1. The van der Waals surface area contributed by atoms with Crippen LogP contribution in [0.3, 0.4) is 0 Å². The molecule has 1 amide bonds. The standard InChI is InChI=1S/C12H14N2O4S/c15-11(7-19-8-1-3-13-4-2-8)14-10-6-18-5-9(10)12(16)17/h1-4,9-10H,5-7H2,(H,14,15)(H,16,17). The zero-order valence-corrected chi connectivity index (χ0v) is 10.9. The van der Waals surface area contributed by atoms with E-state index in [0.717, 1.165) is 4.90 Å². The van der Waals surface area contributed by atoms with Crippen molar-refractivity contribution in [1.29, 1.82) is 0 Å². The van der Waals surface area contributed by atoms with E-state index >= 15 is 0 Å². The van der Waals surface area contributed by atoms with E-state index in [1.165, 1.54) is 11.8 Å². The number of nitrogens with one attached hydrogen (secondary N) is 1. The molecule has 2 rings (SSSR count). The largest absolute Gasteiger partial charge is 0.481 e. The summed E-state index contributed by atoms with van der Waals surface area (Å²) in [7, 11) is 0. The van der Waals surface area contributed by atoms with Crippen molar-refractivity contribution in [2.45, 2.75) is 10.9 Å². The molecule has 102 valence electrons. The molecule has 1 fully saturated rings. The molecule has 1 aromatic rings. The van der Waals surface area contributed by atoms with Crippen LogP contribution in [0, 0.1) is 5.92 Å². The summed E-state index contributed by atoms with van der Waals surface area (Å²) in [5.41, 5.74) is 0. The smallest absolute Gasteiger partial charge is 0.311 e. The minimum Gasteiger partial charge on any atom is -0.481 e. The number of rotatable bonds is 5. The Balaban J connectivity index is 1.80. The van der Waals surface area contributed by atoms with Gasteiger partial charge in [0.15, 0.2) is 0 Å². The number of hydrogen-bond acceptors (Lipinski definition) is 5. The molecule has 1 aliphatic rings. The lowest BCUT2D eigenvalue weighted by Crippen LogP contribution is -2.43. The van der Waals surface area contributed by atoms with Crippen LogP contribution in [0.15, 0.2) is 29.4 Å². The predicted octanol–water partition coefficient (Wildman–Crippen LogP) is 0.389. The number of aromatic nitrogens is 1. The molecule has 6 nitrogen and oxygen atoms in total. The maximum atomic E-state index is 11.7. The lowest BCUT2D eigenvalue weighted by atomic mass is 10.0. The number of carboxylic acids is 1. The minimum absolute atomic E-state index is 0.151. The van der Waals surface area contributed by atoms with Gasteiger partial charge in [-0.1, -0.05) is 0 Å². The Morgan fingerprint density at radius 1 is 1.42 bits per heavy atom. The minimum atomic E-state index is -0.940. The Hall–Kier alpha value is -1.60. The molecule has 1 aromatic heterocycles. The number of amides is 1. The highest BCUT2D eigenvalue weighted by Gasteiger charge is 2.34. The number of thioether (sulfide) groups is 1. The van der Waals surface area contributed by atoms with Gasteiger partial charge in [0.1, 0.15) is 5.92 Å².